The van der Waals surface area contributed by atoms with E-state index in [2.05, 4.69) is 5.32 Å². The average Bonchev–Trinajstić information content (AvgIpc) is 3.10. The minimum atomic E-state index is 0.0189. The van der Waals surface area contributed by atoms with Gasteiger partial charge >= 0.3 is 0 Å². The number of piperidine rings is 1. The number of likely N-dealkylation sites (tertiary alicyclic amines) is 1. The Morgan fingerprint density at radius 1 is 1.35 bits per heavy atom. The lowest BCUT2D eigenvalue weighted by Crippen LogP contribution is -2.41. The van der Waals surface area contributed by atoms with Crippen LogP contribution in [0.25, 0.3) is 0 Å². The van der Waals surface area contributed by atoms with E-state index in [1.165, 1.54) is 12.8 Å². The number of nitrogens with zero attached hydrogens (tertiary/aromatic N) is 1. The number of carbonyl (C=O) groups is 1. The van der Waals surface area contributed by atoms with Crippen molar-refractivity contribution in [1.29, 1.82) is 0 Å². The van der Waals surface area contributed by atoms with Crippen molar-refractivity contribution in [3.05, 3.63) is 24.2 Å². The summed E-state index contributed by atoms with van der Waals surface area (Å²) in [4.78, 5) is 14.8. The normalized spacial score (nSPS) is 26.8. The molecule has 1 amide bonds. The van der Waals surface area contributed by atoms with Crippen molar-refractivity contribution >= 4 is 5.91 Å². The number of hydrogen-bond acceptors (Lipinski definition) is 4. The van der Waals surface area contributed by atoms with Crippen LogP contribution in [-0.4, -0.2) is 49.7 Å². The van der Waals surface area contributed by atoms with Gasteiger partial charge in [0.2, 0.25) is 0 Å². The molecule has 1 spiro atoms. The minimum Gasteiger partial charge on any atom is -0.459 e. The van der Waals surface area contributed by atoms with Crippen molar-refractivity contribution in [2.75, 3.05) is 32.8 Å². The lowest BCUT2D eigenvalue weighted by atomic mass is 9.77. The Bertz CT molecular complexity index is 532. The molecule has 1 N–H and O–H groups in total. The molecule has 0 unspecified atom stereocenters. The first-order chi connectivity index (χ1) is 11.3. The Morgan fingerprint density at radius 2 is 2.17 bits per heavy atom. The van der Waals surface area contributed by atoms with Gasteiger partial charge in [-0.05, 0) is 68.7 Å². The third kappa shape index (κ3) is 3.31. The summed E-state index contributed by atoms with van der Waals surface area (Å²) >= 11 is 0. The summed E-state index contributed by atoms with van der Waals surface area (Å²) in [6.45, 7) is 4.47. The number of ether oxygens (including phenoxy) is 1. The zero-order valence-electron chi connectivity index (χ0n) is 13.6. The maximum Gasteiger partial charge on any atom is 0.289 e. The highest BCUT2D eigenvalue weighted by atomic mass is 16.5. The molecule has 3 fully saturated rings. The van der Waals surface area contributed by atoms with Crippen LogP contribution >= 0.6 is 0 Å². The van der Waals surface area contributed by atoms with Crippen LogP contribution in [0.3, 0.4) is 0 Å². The van der Waals surface area contributed by atoms with Gasteiger partial charge in [-0.1, -0.05) is 0 Å². The summed E-state index contributed by atoms with van der Waals surface area (Å²) in [5, 5.41) is 3.44. The van der Waals surface area contributed by atoms with Gasteiger partial charge in [0.25, 0.3) is 5.91 Å². The van der Waals surface area contributed by atoms with E-state index in [9.17, 15) is 4.79 Å². The molecular formula is C18H26N2O3. The second-order valence-corrected chi connectivity index (χ2v) is 7.50. The van der Waals surface area contributed by atoms with E-state index in [0.717, 1.165) is 51.4 Å². The first-order valence-electron chi connectivity index (χ1n) is 8.89. The topological polar surface area (TPSA) is 54.7 Å². The highest BCUT2D eigenvalue weighted by molar-refractivity contribution is 5.92. The Labute approximate surface area is 137 Å². The smallest absolute Gasteiger partial charge is 0.289 e. The first kappa shape index (κ1) is 15.2. The average molecular weight is 318 g/mol. The summed E-state index contributed by atoms with van der Waals surface area (Å²) in [5.74, 6) is 1.23. The highest BCUT2D eigenvalue weighted by Crippen LogP contribution is 2.42. The summed E-state index contributed by atoms with van der Waals surface area (Å²) < 4.78 is 11.3. The van der Waals surface area contributed by atoms with Crippen LogP contribution in [0.15, 0.2) is 22.8 Å². The number of carbonyl (C=O) groups excluding carboxylic acids is 1. The van der Waals surface area contributed by atoms with Crippen LogP contribution in [0.4, 0.5) is 0 Å². The Hall–Kier alpha value is -1.33. The summed E-state index contributed by atoms with van der Waals surface area (Å²) in [6.07, 6.45) is 7.53. The van der Waals surface area contributed by atoms with Crippen molar-refractivity contribution in [1.82, 2.24) is 10.2 Å². The van der Waals surface area contributed by atoms with Crippen LogP contribution in [0.1, 0.15) is 42.7 Å². The van der Waals surface area contributed by atoms with Gasteiger partial charge in [0.05, 0.1) is 18.9 Å². The molecule has 5 nitrogen and oxygen atoms in total. The molecule has 4 rings (SSSR count). The molecule has 0 radical (unpaired) electrons. The van der Waals surface area contributed by atoms with Crippen LogP contribution in [0.5, 0.6) is 0 Å². The monoisotopic (exact) mass is 318 g/mol. The van der Waals surface area contributed by atoms with Crippen LogP contribution in [0, 0.1) is 11.3 Å². The van der Waals surface area contributed by atoms with Crippen LogP contribution < -0.4 is 5.32 Å². The summed E-state index contributed by atoms with van der Waals surface area (Å²) in [5.41, 5.74) is 0.265. The molecule has 1 saturated carbocycles. The molecule has 23 heavy (non-hydrogen) atoms. The molecule has 0 aromatic carbocycles. The number of rotatable bonds is 5. The van der Waals surface area contributed by atoms with Crippen LogP contribution in [-0.2, 0) is 4.74 Å². The molecule has 126 valence electrons. The van der Waals surface area contributed by atoms with Crippen LogP contribution in [0.2, 0.25) is 0 Å². The summed E-state index contributed by atoms with van der Waals surface area (Å²) in [6, 6.07) is 3.73. The largest absolute Gasteiger partial charge is 0.459 e. The zero-order chi connectivity index (χ0) is 15.7. The van der Waals surface area contributed by atoms with Gasteiger partial charge in [-0.15, -0.1) is 0 Å². The fourth-order valence-electron chi connectivity index (χ4n) is 4.07. The molecule has 1 aliphatic carbocycles. The molecule has 1 aromatic rings. The maximum absolute atomic E-state index is 12.8. The third-order valence-corrected chi connectivity index (χ3v) is 5.63. The highest BCUT2D eigenvalue weighted by Gasteiger charge is 2.46. The van der Waals surface area contributed by atoms with E-state index in [4.69, 9.17) is 9.15 Å². The van der Waals surface area contributed by atoms with Crippen molar-refractivity contribution in [2.45, 2.75) is 38.1 Å². The van der Waals surface area contributed by atoms with Gasteiger partial charge in [0.1, 0.15) is 0 Å². The molecule has 3 heterocycles. The Kier molecular flexibility index (Phi) is 4.16. The molecule has 3 aliphatic rings. The number of nitrogens with one attached hydrogen (secondary N) is 1. The maximum atomic E-state index is 12.8. The molecule has 5 heteroatoms. The first-order valence-corrected chi connectivity index (χ1v) is 8.89. The van der Waals surface area contributed by atoms with Gasteiger partial charge in [0, 0.05) is 13.2 Å². The van der Waals surface area contributed by atoms with Crippen molar-refractivity contribution in [3.8, 4) is 0 Å². The van der Waals surface area contributed by atoms with Gasteiger partial charge in [-0.25, -0.2) is 0 Å². The molecule has 2 aliphatic heterocycles. The SMILES string of the molecule is O=C(c1ccco1)N1CC2(CCNCC2)C[C@H]1COCC1CC1. The quantitative estimate of drug-likeness (QED) is 0.905. The molecule has 1 aromatic heterocycles. The predicted octanol–water partition coefficient (Wildman–Crippen LogP) is 2.29. The zero-order valence-corrected chi connectivity index (χ0v) is 13.6. The molecule has 2 saturated heterocycles. The van der Waals surface area contributed by atoms with E-state index in [0.29, 0.717) is 12.4 Å². The molecule has 1 atom stereocenters. The molecular weight excluding hydrogens is 292 g/mol. The second-order valence-electron chi connectivity index (χ2n) is 7.50. The second kappa shape index (κ2) is 6.29. The van der Waals surface area contributed by atoms with Crippen molar-refractivity contribution in [3.63, 3.8) is 0 Å². The van der Waals surface area contributed by atoms with E-state index in [1.807, 2.05) is 4.90 Å². The fourth-order valence-corrected chi connectivity index (χ4v) is 4.07. The number of amides is 1. The Morgan fingerprint density at radius 3 is 2.87 bits per heavy atom. The molecule has 0 bridgehead atoms. The lowest BCUT2D eigenvalue weighted by Gasteiger charge is -2.33. The van der Waals surface area contributed by atoms with Gasteiger partial charge in [-0.2, -0.15) is 0 Å². The van der Waals surface area contributed by atoms with E-state index >= 15 is 0 Å². The summed E-state index contributed by atoms with van der Waals surface area (Å²) in [7, 11) is 0. The number of furan rings is 1. The minimum absolute atomic E-state index is 0.0189. The third-order valence-electron chi connectivity index (χ3n) is 5.63. The van der Waals surface area contributed by atoms with Crippen molar-refractivity contribution < 1.29 is 13.9 Å². The van der Waals surface area contributed by atoms with E-state index in [1.54, 1.807) is 18.4 Å². The lowest BCUT2D eigenvalue weighted by molar-refractivity contribution is 0.0490. The predicted molar refractivity (Wildman–Crippen MR) is 86.2 cm³/mol. The Balaban J connectivity index is 1.46. The van der Waals surface area contributed by atoms with Gasteiger partial charge in [-0.3, -0.25) is 4.79 Å². The van der Waals surface area contributed by atoms with Crippen molar-refractivity contribution in [2.24, 2.45) is 11.3 Å². The standard InChI is InChI=1S/C18H26N2O3/c21-17(16-2-1-9-23-16)20-13-18(5-7-19-8-6-18)10-15(20)12-22-11-14-3-4-14/h1-2,9,14-15,19H,3-8,10-13H2/t15-/m0/s1. The van der Waals surface area contributed by atoms with Gasteiger partial charge in [0.15, 0.2) is 5.76 Å². The van der Waals surface area contributed by atoms with E-state index < -0.39 is 0 Å². The van der Waals surface area contributed by atoms with Gasteiger partial charge < -0.3 is 19.4 Å². The number of hydrogen-bond donors (Lipinski definition) is 1. The fraction of sp³-hybridized carbons (Fsp3) is 0.722. The van der Waals surface area contributed by atoms with E-state index in [-0.39, 0.29) is 17.4 Å².